The van der Waals surface area contributed by atoms with E-state index < -0.39 is 5.97 Å². The molecule has 0 fully saturated rings. The molecular weight excluding hydrogens is 382 g/mol. The third-order valence-electron chi connectivity index (χ3n) is 3.18. The Morgan fingerprint density at radius 1 is 1.35 bits per heavy atom. The predicted molar refractivity (Wildman–Crippen MR) is 91.7 cm³/mol. The quantitative estimate of drug-likeness (QED) is 0.750. The van der Waals surface area contributed by atoms with Crippen LogP contribution in [0.4, 0.5) is 0 Å². The van der Waals surface area contributed by atoms with Crippen LogP contribution in [0.1, 0.15) is 21.9 Å². The van der Waals surface area contributed by atoms with E-state index in [2.05, 4.69) is 15.9 Å². The molecular formula is C16H16BrNO4S. The maximum atomic E-state index is 12.2. The van der Waals surface area contributed by atoms with Crippen molar-refractivity contribution in [1.82, 2.24) is 4.90 Å². The number of carboxylic acids is 1. The van der Waals surface area contributed by atoms with Gasteiger partial charge in [0.05, 0.1) is 12.3 Å². The zero-order valence-electron chi connectivity index (χ0n) is 12.7. The molecule has 0 bridgehead atoms. The second kappa shape index (κ2) is 7.70. The highest BCUT2D eigenvalue weighted by Gasteiger charge is 2.17. The molecule has 1 aromatic carbocycles. The molecule has 0 aliphatic heterocycles. The monoisotopic (exact) mass is 397 g/mol. The van der Waals surface area contributed by atoms with Gasteiger partial charge in [-0.05, 0) is 31.2 Å². The molecule has 1 amide bonds. The maximum absolute atomic E-state index is 12.2. The fourth-order valence-electron chi connectivity index (χ4n) is 1.97. The van der Waals surface area contributed by atoms with E-state index in [-0.39, 0.29) is 18.0 Å². The van der Waals surface area contributed by atoms with E-state index in [0.29, 0.717) is 17.3 Å². The summed E-state index contributed by atoms with van der Waals surface area (Å²) in [5, 5.41) is 9.01. The Balaban J connectivity index is 1.92. The average Bonchev–Trinajstić information content (AvgIpc) is 2.85. The van der Waals surface area contributed by atoms with Crippen LogP contribution in [0.25, 0.3) is 0 Å². The van der Waals surface area contributed by atoms with E-state index in [1.54, 1.807) is 14.0 Å². The summed E-state index contributed by atoms with van der Waals surface area (Å²) in [5.74, 6) is 0.0241. The standard InChI is InChI=1S/C16H16BrNO4S/c1-10-14(16(20)21)7-12(22-10)8-18(2)15(19)9-23-13-5-3-4-11(17)6-13/h3-7H,8-9H2,1-2H3,(H,20,21). The molecule has 1 heterocycles. The maximum Gasteiger partial charge on any atom is 0.339 e. The van der Waals surface area contributed by atoms with Gasteiger partial charge in [-0.3, -0.25) is 4.79 Å². The first-order valence-electron chi connectivity index (χ1n) is 6.81. The first-order valence-corrected chi connectivity index (χ1v) is 8.59. The van der Waals surface area contributed by atoms with E-state index in [4.69, 9.17) is 9.52 Å². The lowest BCUT2D eigenvalue weighted by Gasteiger charge is -2.15. The minimum Gasteiger partial charge on any atom is -0.478 e. The number of carbonyl (C=O) groups is 2. The van der Waals surface area contributed by atoms with Gasteiger partial charge in [0.25, 0.3) is 0 Å². The fourth-order valence-corrected chi connectivity index (χ4v) is 3.41. The molecule has 2 rings (SSSR count). The molecule has 122 valence electrons. The van der Waals surface area contributed by atoms with Crippen LogP contribution in [0.2, 0.25) is 0 Å². The van der Waals surface area contributed by atoms with Crippen molar-refractivity contribution in [2.75, 3.05) is 12.8 Å². The summed E-state index contributed by atoms with van der Waals surface area (Å²) in [6.07, 6.45) is 0. The number of halogens is 1. The van der Waals surface area contributed by atoms with E-state index in [0.717, 1.165) is 9.37 Å². The second-order valence-corrected chi connectivity index (χ2v) is 6.95. The fraction of sp³-hybridized carbons (Fsp3) is 0.250. The van der Waals surface area contributed by atoms with Crippen LogP contribution in [0.5, 0.6) is 0 Å². The second-order valence-electron chi connectivity index (χ2n) is 4.98. The molecule has 5 nitrogen and oxygen atoms in total. The number of nitrogens with zero attached hydrogens (tertiary/aromatic N) is 1. The smallest absolute Gasteiger partial charge is 0.339 e. The average molecular weight is 398 g/mol. The first-order chi connectivity index (χ1) is 10.9. The van der Waals surface area contributed by atoms with E-state index in [9.17, 15) is 9.59 Å². The van der Waals surface area contributed by atoms with Crippen molar-refractivity contribution in [2.45, 2.75) is 18.4 Å². The van der Waals surface area contributed by atoms with E-state index in [1.807, 2.05) is 24.3 Å². The minimum absolute atomic E-state index is 0.0547. The van der Waals surface area contributed by atoms with Crippen molar-refractivity contribution in [2.24, 2.45) is 0 Å². The van der Waals surface area contributed by atoms with Crippen LogP contribution < -0.4 is 0 Å². The molecule has 23 heavy (non-hydrogen) atoms. The van der Waals surface area contributed by atoms with Gasteiger partial charge in [0.2, 0.25) is 5.91 Å². The zero-order valence-corrected chi connectivity index (χ0v) is 15.1. The number of hydrogen-bond donors (Lipinski definition) is 1. The lowest BCUT2D eigenvalue weighted by atomic mass is 10.2. The van der Waals surface area contributed by atoms with Crippen molar-refractivity contribution in [3.63, 3.8) is 0 Å². The van der Waals surface area contributed by atoms with Crippen LogP contribution >= 0.6 is 27.7 Å². The number of thioether (sulfide) groups is 1. The van der Waals surface area contributed by atoms with Gasteiger partial charge in [0.1, 0.15) is 17.1 Å². The van der Waals surface area contributed by atoms with Crippen LogP contribution in [-0.4, -0.2) is 34.7 Å². The van der Waals surface area contributed by atoms with Crippen LogP contribution in [-0.2, 0) is 11.3 Å². The first kappa shape index (κ1) is 17.6. The van der Waals surface area contributed by atoms with Crippen molar-refractivity contribution < 1.29 is 19.1 Å². The van der Waals surface area contributed by atoms with Crippen molar-refractivity contribution in [3.8, 4) is 0 Å². The third-order valence-corrected chi connectivity index (χ3v) is 4.65. The summed E-state index contributed by atoms with van der Waals surface area (Å²) in [4.78, 5) is 25.7. The van der Waals surface area contributed by atoms with Gasteiger partial charge in [0, 0.05) is 16.4 Å². The molecule has 1 N–H and O–H groups in total. The lowest BCUT2D eigenvalue weighted by Crippen LogP contribution is -2.27. The SMILES string of the molecule is Cc1oc(CN(C)C(=O)CSc2cccc(Br)c2)cc1C(=O)O. The molecule has 0 saturated carbocycles. The number of carbonyl (C=O) groups excluding carboxylic acids is 1. The molecule has 0 spiro atoms. The summed E-state index contributed by atoms with van der Waals surface area (Å²) >= 11 is 4.84. The molecule has 0 atom stereocenters. The van der Waals surface area contributed by atoms with Gasteiger partial charge in [-0.1, -0.05) is 22.0 Å². The van der Waals surface area contributed by atoms with Crippen molar-refractivity contribution >= 4 is 39.6 Å². The highest BCUT2D eigenvalue weighted by Crippen LogP contribution is 2.22. The highest BCUT2D eigenvalue weighted by molar-refractivity contribution is 9.10. The zero-order chi connectivity index (χ0) is 17.0. The Labute approximate surface area is 146 Å². The molecule has 2 aromatic rings. The Kier molecular flexibility index (Phi) is 5.90. The number of carboxylic acid groups (broad SMARTS) is 1. The highest BCUT2D eigenvalue weighted by atomic mass is 79.9. The lowest BCUT2D eigenvalue weighted by molar-refractivity contribution is -0.127. The van der Waals surface area contributed by atoms with Gasteiger partial charge in [-0.25, -0.2) is 4.79 Å². The van der Waals surface area contributed by atoms with E-state index in [1.165, 1.54) is 22.7 Å². The molecule has 0 saturated heterocycles. The van der Waals surface area contributed by atoms with E-state index >= 15 is 0 Å². The Hall–Kier alpha value is -1.73. The number of aromatic carboxylic acids is 1. The number of hydrogen-bond acceptors (Lipinski definition) is 4. The number of aryl methyl sites for hydroxylation is 1. The number of benzene rings is 1. The summed E-state index contributed by atoms with van der Waals surface area (Å²) in [7, 11) is 1.67. The minimum atomic E-state index is -1.03. The molecule has 0 unspecified atom stereocenters. The summed E-state index contributed by atoms with van der Waals surface area (Å²) < 4.78 is 6.36. The molecule has 1 aromatic heterocycles. The van der Waals surface area contributed by atoms with Crippen LogP contribution in [0, 0.1) is 6.92 Å². The topological polar surface area (TPSA) is 70.8 Å². The predicted octanol–water partition coefficient (Wildman–Crippen LogP) is 3.80. The van der Waals surface area contributed by atoms with Gasteiger partial charge < -0.3 is 14.4 Å². The molecule has 0 radical (unpaired) electrons. The molecule has 0 aliphatic carbocycles. The van der Waals surface area contributed by atoms with Crippen molar-refractivity contribution in [3.05, 3.63) is 51.9 Å². The number of amides is 1. The summed E-state index contributed by atoms with van der Waals surface area (Å²) in [5.41, 5.74) is 0.129. The normalized spacial score (nSPS) is 10.6. The van der Waals surface area contributed by atoms with Gasteiger partial charge in [-0.2, -0.15) is 0 Å². The number of furan rings is 1. The molecule has 7 heteroatoms. The van der Waals surface area contributed by atoms with Crippen molar-refractivity contribution in [1.29, 1.82) is 0 Å². The van der Waals surface area contributed by atoms with Gasteiger partial charge in [-0.15, -0.1) is 11.8 Å². The largest absolute Gasteiger partial charge is 0.478 e. The Bertz CT molecular complexity index is 729. The van der Waals surface area contributed by atoms with Gasteiger partial charge in [0.15, 0.2) is 0 Å². The Morgan fingerprint density at radius 3 is 2.70 bits per heavy atom. The summed E-state index contributed by atoms with van der Waals surface area (Å²) in [6.45, 7) is 1.84. The Morgan fingerprint density at radius 2 is 2.09 bits per heavy atom. The van der Waals surface area contributed by atoms with Gasteiger partial charge >= 0.3 is 5.97 Å². The van der Waals surface area contributed by atoms with Crippen LogP contribution in [0.3, 0.4) is 0 Å². The number of rotatable bonds is 6. The molecule has 0 aliphatic rings. The summed E-state index contributed by atoms with van der Waals surface area (Å²) in [6, 6.07) is 9.20. The van der Waals surface area contributed by atoms with Crippen LogP contribution in [0.15, 0.2) is 44.1 Å². The third kappa shape index (κ3) is 4.87.